The van der Waals surface area contributed by atoms with Gasteiger partial charge in [0.1, 0.15) is 6.10 Å². The first-order chi connectivity index (χ1) is 14.6. The molecule has 0 aliphatic heterocycles. The number of carboxylic acid groups (broad SMARTS) is 1. The maximum atomic E-state index is 12.0. The molecule has 4 heteroatoms. The van der Waals surface area contributed by atoms with Crippen LogP contribution in [0, 0.1) is 0 Å². The molecule has 4 nitrogen and oxygen atoms in total. The molecule has 0 aromatic rings. The molecule has 0 amide bonds. The fourth-order valence-corrected chi connectivity index (χ4v) is 3.90. The number of hydrogen-bond donors (Lipinski definition) is 1. The van der Waals surface area contributed by atoms with E-state index >= 15 is 0 Å². The molecule has 0 heterocycles. The third kappa shape index (κ3) is 21.6. The van der Waals surface area contributed by atoms with Gasteiger partial charge in [-0.05, 0) is 19.3 Å². The van der Waals surface area contributed by atoms with Gasteiger partial charge in [-0.25, -0.2) is 0 Å². The van der Waals surface area contributed by atoms with Crippen LogP contribution in [0.4, 0.5) is 0 Å². The normalized spacial score (nSPS) is 12.1. The average Bonchev–Trinajstić information content (AvgIpc) is 2.71. The van der Waals surface area contributed by atoms with Crippen molar-refractivity contribution in [2.75, 3.05) is 0 Å². The van der Waals surface area contributed by atoms with Gasteiger partial charge in [0, 0.05) is 6.42 Å². The zero-order chi connectivity index (χ0) is 22.3. The molecule has 0 aliphatic carbocycles. The van der Waals surface area contributed by atoms with Crippen LogP contribution in [0.25, 0.3) is 0 Å². The van der Waals surface area contributed by atoms with Gasteiger partial charge in [-0.1, -0.05) is 117 Å². The SMILES string of the molecule is CCCCCCCCCCCCCCCCC(=O)OC(CCCCCC)CC(=O)O. The van der Waals surface area contributed by atoms with Crippen LogP contribution in [0.1, 0.15) is 149 Å². The van der Waals surface area contributed by atoms with Gasteiger partial charge in [-0.2, -0.15) is 0 Å². The first kappa shape index (κ1) is 28.9. The Hall–Kier alpha value is -1.06. The minimum atomic E-state index is -0.889. The van der Waals surface area contributed by atoms with Gasteiger partial charge < -0.3 is 9.84 Å². The summed E-state index contributed by atoms with van der Waals surface area (Å²) >= 11 is 0. The molecule has 0 saturated carbocycles. The van der Waals surface area contributed by atoms with Crippen LogP contribution in [0.5, 0.6) is 0 Å². The van der Waals surface area contributed by atoms with Crippen LogP contribution in [-0.4, -0.2) is 23.1 Å². The van der Waals surface area contributed by atoms with Crippen LogP contribution in [0.3, 0.4) is 0 Å². The highest BCUT2D eigenvalue weighted by atomic mass is 16.5. The van der Waals surface area contributed by atoms with Gasteiger partial charge >= 0.3 is 11.9 Å². The van der Waals surface area contributed by atoms with Gasteiger partial charge in [0.05, 0.1) is 6.42 Å². The van der Waals surface area contributed by atoms with Gasteiger partial charge in [0.2, 0.25) is 0 Å². The number of carbonyl (C=O) groups excluding carboxylic acids is 1. The maximum absolute atomic E-state index is 12.0. The second-order valence-corrected chi connectivity index (χ2v) is 8.91. The van der Waals surface area contributed by atoms with Crippen LogP contribution in [0.2, 0.25) is 0 Å². The van der Waals surface area contributed by atoms with E-state index in [2.05, 4.69) is 13.8 Å². The van der Waals surface area contributed by atoms with Crippen molar-refractivity contribution < 1.29 is 19.4 Å². The quantitative estimate of drug-likeness (QED) is 0.132. The van der Waals surface area contributed by atoms with Gasteiger partial charge in [-0.15, -0.1) is 0 Å². The van der Waals surface area contributed by atoms with E-state index in [1.54, 1.807) is 0 Å². The lowest BCUT2D eigenvalue weighted by Gasteiger charge is -2.16. The molecule has 0 aromatic heterocycles. The second-order valence-electron chi connectivity index (χ2n) is 8.91. The van der Waals surface area contributed by atoms with E-state index in [0.717, 1.165) is 38.5 Å². The lowest BCUT2D eigenvalue weighted by atomic mass is 10.0. The van der Waals surface area contributed by atoms with E-state index in [4.69, 9.17) is 9.84 Å². The third-order valence-corrected chi connectivity index (χ3v) is 5.81. The Morgan fingerprint density at radius 1 is 0.633 bits per heavy atom. The maximum Gasteiger partial charge on any atom is 0.307 e. The summed E-state index contributed by atoms with van der Waals surface area (Å²) in [5.41, 5.74) is 0. The Labute approximate surface area is 186 Å². The average molecular weight is 427 g/mol. The Balaban J connectivity index is 3.56. The fraction of sp³-hybridized carbons (Fsp3) is 0.923. The van der Waals surface area contributed by atoms with E-state index in [1.165, 1.54) is 77.0 Å². The molecule has 0 rings (SSSR count). The molecule has 1 unspecified atom stereocenters. The fourth-order valence-electron chi connectivity index (χ4n) is 3.90. The van der Waals surface area contributed by atoms with Crippen molar-refractivity contribution in [2.24, 2.45) is 0 Å². The molecule has 178 valence electrons. The molecule has 1 atom stereocenters. The number of carboxylic acids is 1. The summed E-state index contributed by atoms with van der Waals surface area (Å²) in [7, 11) is 0. The standard InChI is InChI=1S/C26H50O4/c1-3-5-7-9-10-11-12-13-14-15-16-17-18-20-22-26(29)30-24(23-25(27)28)21-19-8-6-4-2/h24H,3-23H2,1-2H3,(H,27,28). The first-order valence-electron chi connectivity index (χ1n) is 13.0. The molecule has 0 spiro atoms. The minimum Gasteiger partial charge on any atom is -0.481 e. The lowest BCUT2D eigenvalue weighted by molar-refractivity contribution is -0.153. The summed E-state index contributed by atoms with van der Waals surface area (Å²) in [5, 5.41) is 9.02. The molecule has 0 aromatic carbocycles. The largest absolute Gasteiger partial charge is 0.481 e. The summed E-state index contributed by atoms with van der Waals surface area (Å²) in [6, 6.07) is 0. The lowest BCUT2D eigenvalue weighted by Crippen LogP contribution is -2.21. The molecule has 0 fully saturated rings. The van der Waals surface area contributed by atoms with Gasteiger partial charge in [0.15, 0.2) is 0 Å². The molecule has 0 aliphatic rings. The molecule has 30 heavy (non-hydrogen) atoms. The smallest absolute Gasteiger partial charge is 0.307 e. The van der Waals surface area contributed by atoms with E-state index in [0.29, 0.717) is 12.8 Å². The predicted octanol–water partition coefficient (Wildman–Crippen LogP) is 8.21. The van der Waals surface area contributed by atoms with Crippen LogP contribution < -0.4 is 0 Å². The summed E-state index contributed by atoms with van der Waals surface area (Å²) in [5.74, 6) is -1.12. The van der Waals surface area contributed by atoms with E-state index in [1.807, 2.05) is 0 Å². The number of unbranched alkanes of at least 4 members (excludes halogenated alkanes) is 16. The van der Waals surface area contributed by atoms with Crippen LogP contribution in [-0.2, 0) is 14.3 Å². The molecular formula is C26H50O4. The molecule has 0 bridgehead atoms. The van der Waals surface area contributed by atoms with Crippen molar-refractivity contribution >= 4 is 11.9 Å². The number of aliphatic carboxylic acids is 1. The summed E-state index contributed by atoms with van der Waals surface area (Å²) in [6.07, 6.45) is 22.9. The zero-order valence-electron chi connectivity index (χ0n) is 20.1. The van der Waals surface area contributed by atoms with Crippen LogP contribution >= 0.6 is 0 Å². The van der Waals surface area contributed by atoms with Crippen molar-refractivity contribution in [2.45, 2.75) is 155 Å². The number of ether oxygens (including phenoxy) is 1. The first-order valence-corrected chi connectivity index (χ1v) is 13.0. The number of carbonyl (C=O) groups is 2. The second kappa shape index (κ2) is 22.6. The Bertz CT molecular complexity index is 394. The Kier molecular flexibility index (Phi) is 21.8. The number of hydrogen-bond acceptors (Lipinski definition) is 3. The van der Waals surface area contributed by atoms with Crippen molar-refractivity contribution in [1.29, 1.82) is 0 Å². The number of rotatable bonds is 23. The highest BCUT2D eigenvalue weighted by Crippen LogP contribution is 2.15. The summed E-state index contributed by atoms with van der Waals surface area (Å²) < 4.78 is 5.44. The zero-order valence-corrected chi connectivity index (χ0v) is 20.1. The van der Waals surface area contributed by atoms with Crippen molar-refractivity contribution in [1.82, 2.24) is 0 Å². The van der Waals surface area contributed by atoms with E-state index < -0.39 is 12.1 Å². The van der Waals surface area contributed by atoms with Crippen molar-refractivity contribution in [3.8, 4) is 0 Å². The topological polar surface area (TPSA) is 63.6 Å². The van der Waals surface area contributed by atoms with Gasteiger partial charge in [0.25, 0.3) is 0 Å². The predicted molar refractivity (Wildman–Crippen MR) is 126 cm³/mol. The molecule has 0 radical (unpaired) electrons. The highest BCUT2D eigenvalue weighted by molar-refractivity contribution is 5.71. The summed E-state index contributed by atoms with van der Waals surface area (Å²) in [6.45, 7) is 4.41. The monoisotopic (exact) mass is 426 g/mol. The molecule has 1 N–H and O–H groups in total. The van der Waals surface area contributed by atoms with Crippen molar-refractivity contribution in [3.05, 3.63) is 0 Å². The Morgan fingerprint density at radius 3 is 1.47 bits per heavy atom. The third-order valence-electron chi connectivity index (χ3n) is 5.81. The Morgan fingerprint density at radius 2 is 1.03 bits per heavy atom. The minimum absolute atomic E-state index is 0.0728. The van der Waals surface area contributed by atoms with Crippen LogP contribution in [0.15, 0.2) is 0 Å². The highest BCUT2D eigenvalue weighted by Gasteiger charge is 2.17. The van der Waals surface area contributed by atoms with E-state index in [9.17, 15) is 9.59 Å². The number of esters is 1. The van der Waals surface area contributed by atoms with E-state index in [-0.39, 0.29) is 12.4 Å². The van der Waals surface area contributed by atoms with Gasteiger partial charge in [-0.3, -0.25) is 9.59 Å². The molecule has 0 saturated heterocycles. The van der Waals surface area contributed by atoms with Crippen molar-refractivity contribution in [3.63, 3.8) is 0 Å². The molecular weight excluding hydrogens is 376 g/mol. The summed E-state index contributed by atoms with van der Waals surface area (Å²) in [4.78, 5) is 23.0.